The number of esters is 1. The molecule has 0 radical (unpaired) electrons. The predicted octanol–water partition coefficient (Wildman–Crippen LogP) is 1.44. The van der Waals surface area contributed by atoms with E-state index >= 15 is 0 Å². The molecule has 98 valence electrons. The molecule has 0 aliphatic heterocycles. The van der Waals surface area contributed by atoms with Crippen molar-refractivity contribution >= 4 is 17.6 Å². The second-order valence-corrected chi connectivity index (χ2v) is 3.18. The number of carbonyl (C=O) groups is 2. The van der Waals surface area contributed by atoms with Gasteiger partial charge in [-0.25, -0.2) is 4.79 Å². The van der Waals surface area contributed by atoms with Gasteiger partial charge in [0.05, 0.1) is 7.11 Å². The third-order valence-corrected chi connectivity index (χ3v) is 1.88. The molecule has 1 amide bonds. The molecule has 1 N–H and O–H groups in total. The third-order valence-electron chi connectivity index (χ3n) is 1.88. The van der Waals surface area contributed by atoms with Crippen molar-refractivity contribution in [2.24, 2.45) is 0 Å². The molecule has 7 heteroatoms. The topological polar surface area (TPSA) is 64.6 Å². The highest BCUT2D eigenvalue weighted by Gasteiger charge is 2.15. The predicted molar refractivity (Wildman–Crippen MR) is 58.6 cm³/mol. The average Bonchev–Trinajstić information content (AvgIpc) is 2.36. The molecule has 0 fully saturated rings. The summed E-state index contributed by atoms with van der Waals surface area (Å²) in [5.41, 5.74) is 0.155. The number of methoxy groups -OCH3 is 1. The number of amides is 1. The van der Waals surface area contributed by atoms with E-state index in [4.69, 9.17) is 4.74 Å². The fourth-order valence-electron chi connectivity index (χ4n) is 1.06. The van der Waals surface area contributed by atoms with E-state index in [9.17, 15) is 18.4 Å². The van der Waals surface area contributed by atoms with E-state index in [0.717, 1.165) is 0 Å². The van der Waals surface area contributed by atoms with Crippen LogP contribution >= 0.6 is 0 Å². The standard InChI is InChI=1S/C11H11F2NO4/c1-17-9(15)6-18-8-4-2-3-7(5-8)14-11(16)10(12)13/h2-5,10H,6H2,1H3,(H,14,16). The molecule has 1 aromatic rings. The monoisotopic (exact) mass is 259 g/mol. The van der Waals surface area contributed by atoms with Gasteiger partial charge in [-0.3, -0.25) is 4.79 Å². The fraction of sp³-hybridized carbons (Fsp3) is 0.273. The first-order chi connectivity index (χ1) is 8.52. The molecule has 0 atom stereocenters. The molecule has 1 rings (SSSR count). The van der Waals surface area contributed by atoms with Crippen LogP contribution in [0.25, 0.3) is 0 Å². The van der Waals surface area contributed by atoms with Crippen molar-refractivity contribution in [3.8, 4) is 5.75 Å². The normalized spacial score (nSPS) is 10.0. The van der Waals surface area contributed by atoms with Crippen molar-refractivity contribution in [2.75, 3.05) is 19.0 Å². The molecule has 0 saturated heterocycles. The van der Waals surface area contributed by atoms with Crippen molar-refractivity contribution in [3.05, 3.63) is 24.3 Å². The number of nitrogens with one attached hydrogen (secondary N) is 1. The quantitative estimate of drug-likeness (QED) is 0.813. The Labute approximate surface area is 102 Å². The van der Waals surface area contributed by atoms with Crippen LogP contribution in [-0.4, -0.2) is 32.0 Å². The second-order valence-electron chi connectivity index (χ2n) is 3.18. The zero-order valence-corrected chi connectivity index (χ0v) is 9.48. The van der Waals surface area contributed by atoms with Crippen molar-refractivity contribution < 1.29 is 27.8 Å². The van der Waals surface area contributed by atoms with E-state index in [1.54, 1.807) is 0 Å². The summed E-state index contributed by atoms with van der Waals surface area (Å²) < 4.78 is 33.4. The number of hydrogen-bond acceptors (Lipinski definition) is 4. The molecule has 1 aromatic carbocycles. The first-order valence-corrected chi connectivity index (χ1v) is 4.91. The van der Waals surface area contributed by atoms with Gasteiger partial charge in [0.1, 0.15) is 5.75 Å². The molecule has 0 spiro atoms. The van der Waals surface area contributed by atoms with Gasteiger partial charge in [0.2, 0.25) is 0 Å². The number of anilines is 1. The molecule has 0 heterocycles. The molecule has 0 bridgehead atoms. The van der Waals surface area contributed by atoms with Gasteiger partial charge in [-0.1, -0.05) is 6.07 Å². The highest BCUT2D eigenvalue weighted by molar-refractivity contribution is 5.93. The molecular formula is C11H11F2NO4. The molecule has 0 saturated carbocycles. The van der Waals surface area contributed by atoms with Gasteiger partial charge in [-0.05, 0) is 12.1 Å². The van der Waals surface area contributed by atoms with Crippen molar-refractivity contribution in [1.82, 2.24) is 0 Å². The Hall–Kier alpha value is -2.18. The number of halogens is 2. The van der Waals surface area contributed by atoms with Crippen molar-refractivity contribution in [1.29, 1.82) is 0 Å². The lowest BCUT2D eigenvalue weighted by Gasteiger charge is -2.08. The molecule has 18 heavy (non-hydrogen) atoms. The third kappa shape index (κ3) is 4.36. The number of alkyl halides is 2. The van der Waals surface area contributed by atoms with Gasteiger partial charge in [-0.2, -0.15) is 8.78 Å². The van der Waals surface area contributed by atoms with Crippen LogP contribution in [0.1, 0.15) is 0 Å². The van der Waals surface area contributed by atoms with Gasteiger partial charge in [0, 0.05) is 11.8 Å². The summed E-state index contributed by atoms with van der Waals surface area (Å²) in [6, 6.07) is 5.75. The summed E-state index contributed by atoms with van der Waals surface area (Å²) >= 11 is 0. The van der Waals surface area contributed by atoms with Crippen LogP contribution in [0.3, 0.4) is 0 Å². The van der Waals surface area contributed by atoms with E-state index < -0.39 is 18.3 Å². The summed E-state index contributed by atoms with van der Waals surface area (Å²) in [6.45, 7) is -0.303. The SMILES string of the molecule is COC(=O)COc1cccc(NC(=O)C(F)F)c1. The number of benzene rings is 1. The molecule has 0 aromatic heterocycles. The summed E-state index contributed by atoms with van der Waals surface area (Å²) in [6.07, 6.45) is -3.09. The van der Waals surface area contributed by atoms with Gasteiger partial charge in [0.15, 0.2) is 6.61 Å². The lowest BCUT2D eigenvalue weighted by molar-refractivity contribution is -0.142. The summed E-state index contributed by atoms with van der Waals surface area (Å²) in [5.74, 6) is -1.72. The van der Waals surface area contributed by atoms with Crippen LogP contribution in [0, 0.1) is 0 Å². The molecule has 0 unspecified atom stereocenters. The Bertz CT molecular complexity index is 437. The summed E-state index contributed by atoms with van der Waals surface area (Å²) in [5, 5.41) is 2.00. The first kappa shape index (κ1) is 13.9. The maximum atomic E-state index is 12.0. The molecule has 5 nitrogen and oxygen atoms in total. The van der Waals surface area contributed by atoms with E-state index in [1.165, 1.54) is 31.4 Å². The summed E-state index contributed by atoms with van der Waals surface area (Å²) in [4.78, 5) is 21.6. The zero-order valence-electron chi connectivity index (χ0n) is 9.48. The number of ether oxygens (including phenoxy) is 2. The molecule has 0 aliphatic rings. The fourth-order valence-corrected chi connectivity index (χ4v) is 1.06. The van der Waals surface area contributed by atoms with Gasteiger partial charge >= 0.3 is 12.4 Å². The van der Waals surface area contributed by atoms with Crippen LogP contribution in [0.2, 0.25) is 0 Å². The highest BCUT2D eigenvalue weighted by atomic mass is 19.3. The van der Waals surface area contributed by atoms with Gasteiger partial charge in [0.25, 0.3) is 5.91 Å². The Morgan fingerprint density at radius 2 is 2.11 bits per heavy atom. The van der Waals surface area contributed by atoms with Crippen LogP contribution < -0.4 is 10.1 Å². The Morgan fingerprint density at radius 3 is 2.72 bits per heavy atom. The minimum absolute atomic E-state index is 0.155. The van der Waals surface area contributed by atoms with Crippen molar-refractivity contribution in [2.45, 2.75) is 6.43 Å². The molecule has 0 aliphatic carbocycles. The Balaban J connectivity index is 2.62. The number of carbonyl (C=O) groups excluding carboxylic acids is 2. The van der Waals surface area contributed by atoms with E-state index in [2.05, 4.69) is 4.74 Å². The van der Waals surface area contributed by atoms with E-state index in [0.29, 0.717) is 0 Å². The highest BCUT2D eigenvalue weighted by Crippen LogP contribution is 2.17. The smallest absolute Gasteiger partial charge is 0.343 e. The van der Waals surface area contributed by atoms with Crippen LogP contribution in [0.4, 0.5) is 14.5 Å². The van der Waals surface area contributed by atoms with Gasteiger partial charge in [-0.15, -0.1) is 0 Å². The van der Waals surface area contributed by atoms with Gasteiger partial charge < -0.3 is 14.8 Å². The lowest BCUT2D eigenvalue weighted by atomic mass is 10.3. The first-order valence-electron chi connectivity index (χ1n) is 4.91. The van der Waals surface area contributed by atoms with Crippen LogP contribution in [0.15, 0.2) is 24.3 Å². The van der Waals surface area contributed by atoms with E-state index in [1.807, 2.05) is 5.32 Å². The summed E-state index contributed by atoms with van der Waals surface area (Å²) in [7, 11) is 1.21. The molecular weight excluding hydrogens is 248 g/mol. The average molecular weight is 259 g/mol. The maximum absolute atomic E-state index is 12.0. The van der Waals surface area contributed by atoms with E-state index in [-0.39, 0.29) is 18.0 Å². The maximum Gasteiger partial charge on any atom is 0.343 e. The zero-order chi connectivity index (χ0) is 13.5. The van der Waals surface area contributed by atoms with Crippen molar-refractivity contribution in [3.63, 3.8) is 0 Å². The lowest BCUT2D eigenvalue weighted by Crippen LogP contribution is -2.20. The Morgan fingerprint density at radius 1 is 1.39 bits per heavy atom. The Kier molecular flexibility index (Phi) is 5.04. The van der Waals surface area contributed by atoms with Crippen LogP contribution in [-0.2, 0) is 14.3 Å². The minimum atomic E-state index is -3.09. The second kappa shape index (κ2) is 6.53. The number of rotatable bonds is 5. The number of hydrogen-bond donors (Lipinski definition) is 1. The minimum Gasteiger partial charge on any atom is -0.482 e. The van der Waals surface area contributed by atoms with Crippen LogP contribution in [0.5, 0.6) is 5.75 Å². The largest absolute Gasteiger partial charge is 0.482 e.